The molecule has 2 heteroatoms. The zero-order valence-electron chi connectivity index (χ0n) is 10.4. The van der Waals surface area contributed by atoms with E-state index >= 15 is 0 Å². The zero-order chi connectivity index (χ0) is 11.8. The summed E-state index contributed by atoms with van der Waals surface area (Å²) in [5.74, 6) is 4.36. The normalized spacial score (nSPS) is 43.2. The number of ether oxygens (including phenoxy) is 1. The van der Waals surface area contributed by atoms with E-state index in [4.69, 9.17) is 4.74 Å². The third kappa shape index (κ3) is 2.02. The molecule has 0 aromatic rings. The summed E-state index contributed by atoms with van der Waals surface area (Å²) in [7, 11) is 0. The van der Waals surface area contributed by atoms with Gasteiger partial charge < -0.3 is 4.74 Å². The van der Waals surface area contributed by atoms with Crippen molar-refractivity contribution in [1.82, 2.24) is 0 Å². The van der Waals surface area contributed by atoms with E-state index in [1.54, 1.807) is 0 Å². The minimum atomic E-state index is -0.264. The maximum atomic E-state index is 11.1. The minimum Gasteiger partial charge on any atom is -0.462 e. The molecule has 3 aliphatic carbocycles. The SMILES string of the molecule is C=CC(=O)OCC1CCC2C3CCC(C3)C2C1. The molecule has 0 N–H and O–H groups in total. The Labute approximate surface area is 103 Å². The summed E-state index contributed by atoms with van der Waals surface area (Å²) in [6, 6.07) is 0. The van der Waals surface area contributed by atoms with Gasteiger partial charge in [-0.1, -0.05) is 6.58 Å². The molecule has 2 nitrogen and oxygen atoms in total. The van der Waals surface area contributed by atoms with Crippen LogP contribution in [0.5, 0.6) is 0 Å². The molecule has 3 saturated carbocycles. The van der Waals surface area contributed by atoms with Crippen molar-refractivity contribution in [3.8, 4) is 0 Å². The molecule has 2 bridgehead atoms. The van der Waals surface area contributed by atoms with Gasteiger partial charge in [0.25, 0.3) is 0 Å². The van der Waals surface area contributed by atoms with Crippen molar-refractivity contribution >= 4 is 5.97 Å². The number of hydrogen-bond donors (Lipinski definition) is 0. The second kappa shape index (κ2) is 4.47. The lowest BCUT2D eigenvalue weighted by atomic mass is 9.68. The van der Waals surface area contributed by atoms with Crippen molar-refractivity contribution in [3.05, 3.63) is 12.7 Å². The molecule has 0 aliphatic heterocycles. The fourth-order valence-electron chi connectivity index (χ4n) is 4.69. The fraction of sp³-hybridized carbons (Fsp3) is 0.800. The molecular weight excluding hydrogens is 212 g/mol. The second-order valence-corrected chi connectivity index (χ2v) is 6.17. The van der Waals surface area contributed by atoms with Crippen LogP contribution >= 0.6 is 0 Å². The Morgan fingerprint density at radius 3 is 2.65 bits per heavy atom. The average Bonchev–Trinajstić information content (AvgIpc) is 2.97. The van der Waals surface area contributed by atoms with Crippen molar-refractivity contribution in [2.75, 3.05) is 6.61 Å². The Bertz CT molecular complexity index is 323. The maximum absolute atomic E-state index is 11.1. The fourth-order valence-corrected chi connectivity index (χ4v) is 4.69. The molecule has 0 aromatic heterocycles. The number of fused-ring (bicyclic) bond motifs is 5. The average molecular weight is 234 g/mol. The van der Waals surface area contributed by atoms with Crippen LogP contribution in [-0.2, 0) is 9.53 Å². The van der Waals surface area contributed by atoms with Crippen LogP contribution in [0, 0.1) is 29.6 Å². The van der Waals surface area contributed by atoms with Crippen LogP contribution in [0.3, 0.4) is 0 Å². The van der Waals surface area contributed by atoms with Crippen molar-refractivity contribution in [2.24, 2.45) is 29.6 Å². The van der Waals surface area contributed by atoms with Gasteiger partial charge in [0.05, 0.1) is 6.61 Å². The van der Waals surface area contributed by atoms with Gasteiger partial charge in [0.15, 0.2) is 0 Å². The number of hydrogen-bond acceptors (Lipinski definition) is 2. The quantitative estimate of drug-likeness (QED) is 0.554. The highest BCUT2D eigenvalue weighted by Gasteiger charge is 2.49. The van der Waals surface area contributed by atoms with Crippen LogP contribution in [0.1, 0.15) is 38.5 Å². The molecule has 3 aliphatic rings. The highest BCUT2D eigenvalue weighted by Crippen LogP contribution is 2.58. The van der Waals surface area contributed by atoms with Gasteiger partial charge in [-0.25, -0.2) is 4.79 Å². The number of carbonyl (C=O) groups is 1. The summed E-state index contributed by atoms with van der Waals surface area (Å²) in [5, 5.41) is 0. The zero-order valence-corrected chi connectivity index (χ0v) is 10.4. The Hall–Kier alpha value is -0.790. The van der Waals surface area contributed by atoms with Crippen molar-refractivity contribution in [3.63, 3.8) is 0 Å². The minimum absolute atomic E-state index is 0.264. The Morgan fingerprint density at radius 2 is 1.88 bits per heavy atom. The topological polar surface area (TPSA) is 26.3 Å². The van der Waals surface area contributed by atoms with E-state index in [1.807, 2.05) is 0 Å². The molecule has 3 rings (SSSR count). The molecular formula is C15H22O2. The van der Waals surface area contributed by atoms with Gasteiger partial charge in [0, 0.05) is 6.08 Å². The summed E-state index contributed by atoms with van der Waals surface area (Å²) in [4.78, 5) is 11.1. The first-order valence-corrected chi connectivity index (χ1v) is 7.07. The van der Waals surface area contributed by atoms with Gasteiger partial charge >= 0.3 is 5.97 Å². The molecule has 0 saturated heterocycles. The van der Waals surface area contributed by atoms with Crippen LogP contribution < -0.4 is 0 Å². The van der Waals surface area contributed by atoms with E-state index in [2.05, 4.69) is 6.58 Å². The molecule has 0 radical (unpaired) electrons. The maximum Gasteiger partial charge on any atom is 0.330 e. The molecule has 5 unspecified atom stereocenters. The van der Waals surface area contributed by atoms with Gasteiger partial charge in [-0.2, -0.15) is 0 Å². The van der Waals surface area contributed by atoms with Gasteiger partial charge in [0.1, 0.15) is 0 Å². The lowest BCUT2D eigenvalue weighted by Crippen LogP contribution is -2.31. The first-order chi connectivity index (χ1) is 8.28. The van der Waals surface area contributed by atoms with Crippen molar-refractivity contribution < 1.29 is 9.53 Å². The molecule has 0 spiro atoms. The van der Waals surface area contributed by atoms with E-state index in [-0.39, 0.29) is 5.97 Å². The highest BCUT2D eigenvalue weighted by atomic mass is 16.5. The highest BCUT2D eigenvalue weighted by molar-refractivity contribution is 5.81. The largest absolute Gasteiger partial charge is 0.462 e. The summed E-state index contributed by atoms with van der Waals surface area (Å²) in [6.45, 7) is 4.05. The monoisotopic (exact) mass is 234 g/mol. The Balaban J connectivity index is 1.54. The van der Waals surface area contributed by atoms with E-state index in [0.717, 1.165) is 23.7 Å². The lowest BCUT2D eigenvalue weighted by molar-refractivity contribution is -0.139. The molecule has 0 aromatic carbocycles. The van der Waals surface area contributed by atoms with Gasteiger partial charge in [-0.15, -0.1) is 0 Å². The van der Waals surface area contributed by atoms with E-state index in [9.17, 15) is 4.79 Å². The predicted octanol–water partition coefficient (Wildman–Crippen LogP) is 3.18. The van der Waals surface area contributed by atoms with Crippen molar-refractivity contribution in [1.29, 1.82) is 0 Å². The first kappa shape index (κ1) is 11.3. The molecule has 17 heavy (non-hydrogen) atoms. The number of carbonyl (C=O) groups excluding carboxylic acids is 1. The predicted molar refractivity (Wildman–Crippen MR) is 66.3 cm³/mol. The number of esters is 1. The summed E-state index contributed by atoms with van der Waals surface area (Å²) < 4.78 is 5.20. The third-order valence-corrected chi connectivity index (χ3v) is 5.42. The van der Waals surface area contributed by atoms with Gasteiger partial charge in [-0.3, -0.25) is 0 Å². The van der Waals surface area contributed by atoms with Crippen LogP contribution in [0.4, 0.5) is 0 Å². The van der Waals surface area contributed by atoms with Crippen LogP contribution in [0.2, 0.25) is 0 Å². The summed E-state index contributed by atoms with van der Waals surface area (Å²) in [6.07, 6.45) is 9.65. The molecule has 0 heterocycles. The van der Waals surface area contributed by atoms with Crippen LogP contribution in [0.15, 0.2) is 12.7 Å². The smallest absolute Gasteiger partial charge is 0.330 e. The molecule has 3 fully saturated rings. The first-order valence-electron chi connectivity index (χ1n) is 7.07. The molecule has 94 valence electrons. The summed E-state index contributed by atoms with van der Waals surface area (Å²) in [5.41, 5.74) is 0. The lowest BCUT2D eigenvalue weighted by Gasteiger charge is -2.38. The van der Waals surface area contributed by atoms with Crippen LogP contribution in [0.25, 0.3) is 0 Å². The van der Waals surface area contributed by atoms with Crippen molar-refractivity contribution in [2.45, 2.75) is 38.5 Å². The van der Waals surface area contributed by atoms with E-state index < -0.39 is 0 Å². The molecule has 0 amide bonds. The summed E-state index contributed by atoms with van der Waals surface area (Å²) >= 11 is 0. The van der Waals surface area contributed by atoms with E-state index in [1.165, 1.54) is 44.6 Å². The van der Waals surface area contributed by atoms with Gasteiger partial charge in [0.2, 0.25) is 0 Å². The second-order valence-electron chi connectivity index (χ2n) is 6.17. The van der Waals surface area contributed by atoms with E-state index in [0.29, 0.717) is 12.5 Å². The molecule has 5 atom stereocenters. The Morgan fingerprint density at radius 1 is 1.12 bits per heavy atom. The number of rotatable bonds is 3. The Kier molecular flexibility index (Phi) is 2.97. The van der Waals surface area contributed by atoms with Crippen LogP contribution in [-0.4, -0.2) is 12.6 Å². The third-order valence-electron chi connectivity index (χ3n) is 5.42. The standard InChI is InChI=1S/C15H22O2/c1-2-15(16)17-9-10-3-6-13-11-4-5-12(8-11)14(13)7-10/h2,10-14H,1,3-9H2. The van der Waals surface area contributed by atoms with Gasteiger partial charge in [-0.05, 0) is 68.1 Å².